The lowest BCUT2D eigenvalue weighted by Crippen LogP contribution is -2.50. The Hall–Kier alpha value is -3.32. The van der Waals surface area contributed by atoms with Gasteiger partial charge in [0, 0.05) is 22.5 Å². The maximum Gasteiger partial charge on any atom is 0.335 e. The van der Waals surface area contributed by atoms with Crippen LogP contribution in [0.15, 0.2) is 71.2 Å². The predicted octanol–water partition coefficient (Wildman–Crippen LogP) is 5.96. The second-order valence-corrected chi connectivity index (χ2v) is 9.97. The van der Waals surface area contributed by atoms with Crippen LogP contribution in [-0.4, -0.2) is 24.1 Å². The quantitative estimate of drug-likeness (QED) is 0.406. The van der Waals surface area contributed by atoms with E-state index in [1.54, 1.807) is 31.4 Å². The third-order valence-electron chi connectivity index (χ3n) is 7.18. The summed E-state index contributed by atoms with van der Waals surface area (Å²) in [6.45, 7) is 0. The summed E-state index contributed by atoms with van der Waals surface area (Å²) >= 11 is 3.64. The van der Waals surface area contributed by atoms with Gasteiger partial charge in [-0.2, -0.15) is 0 Å². The largest absolute Gasteiger partial charge is 0.497 e. The molecule has 0 aromatic heterocycles. The predicted molar refractivity (Wildman–Crippen MR) is 135 cm³/mol. The number of methoxy groups -OCH3 is 1. The summed E-state index contributed by atoms with van der Waals surface area (Å²) in [5.41, 5.74) is 2.44. The van der Waals surface area contributed by atoms with Gasteiger partial charge in [-0.1, -0.05) is 52.7 Å². The van der Waals surface area contributed by atoms with E-state index in [1.165, 1.54) is 0 Å². The van der Waals surface area contributed by atoms with Crippen molar-refractivity contribution in [3.05, 3.63) is 93.5 Å². The summed E-state index contributed by atoms with van der Waals surface area (Å²) in [6, 6.07) is 20.0. The van der Waals surface area contributed by atoms with Crippen LogP contribution in [-0.2, 0) is 10.2 Å². The third kappa shape index (κ3) is 4.29. The number of amides is 1. The number of benzene rings is 3. The van der Waals surface area contributed by atoms with Crippen LogP contribution in [0.25, 0.3) is 0 Å². The lowest BCUT2D eigenvalue weighted by molar-refractivity contribution is -0.131. The topological polar surface area (TPSA) is 84.9 Å². The first-order valence-corrected chi connectivity index (χ1v) is 12.4. The van der Waals surface area contributed by atoms with Gasteiger partial charge in [-0.3, -0.25) is 4.79 Å². The summed E-state index contributed by atoms with van der Waals surface area (Å²) < 4.78 is 12.7. The number of carboxylic acid groups (broad SMARTS) is 1. The number of ether oxygens (including phenoxy) is 2. The van der Waals surface area contributed by atoms with Gasteiger partial charge in [0.15, 0.2) is 0 Å². The highest BCUT2D eigenvalue weighted by Crippen LogP contribution is 2.48. The van der Waals surface area contributed by atoms with E-state index in [2.05, 4.69) is 21.2 Å². The molecule has 35 heavy (non-hydrogen) atoms. The number of aromatic carboxylic acids is 1. The molecule has 3 aromatic carbocycles. The van der Waals surface area contributed by atoms with E-state index in [1.807, 2.05) is 42.5 Å². The first-order chi connectivity index (χ1) is 16.9. The van der Waals surface area contributed by atoms with Crippen molar-refractivity contribution in [2.45, 2.75) is 43.2 Å². The van der Waals surface area contributed by atoms with Gasteiger partial charge in [-0.05, 0) is 54.3 Å². The molecule has 3 aromatic rings. The number of carbonyl (C=O) groups excluding carboxylic acids is 1. The van der Waals surface area contributed by atoms with E-state index < -0.39 is 11.4 Å². The van der Waals surface area contributed by atoms with Gasteiger partial charge < -0.3 is 19.9 Å². The van der Waals surface area contributed by atoms with E-state index in [9.17, 15) is 14.7 Å². The first-order valence-electron chi connectivity index (χ1n) is 11.6. The number of carboxylic acids is 1. The van der Waals surface area contributed by atoms with Crippen LogP contribution in [0.1, 0.15) is 64.9 Å². The number of fused-ring (bicyclic) bond motifs is 1. The SMILES string of the molecule is COc1ccc2c(c1)O[C@@H](c1ccc(C(=O)O)cc1)C[C@H]2NC(=O)C1(c2ccccc2Br)CCC1. The van der Waals surface area contributed by atoms with Crippen molar-refractivity contribution in [3.63, 3.8) is 0 Å². The molecule has 1 aliphatic carbocycles. The molecule has 1 fully saturated rings. The van der Waals surface area contributed by atoms with Crippen molar-refractivity contribution in [2.75, 3.05) is 7.11 Å². The van der Waals surface area contributed by atoms with Crippen molar-refractivity contribution in [2.24, 2.45) is 0 Å². The molecule has 1 amide bonds. The highest BCUT2D eigenvalue weighted by Gasteiger charge is 2.47. The lowest BCUT2D eigenvalue weighted by atomic mass is 9.63. The summed E-state index contributed by atoms with van der Waals surface area (Å²) in [7, 11) is 1.60. The van der Waals surface area contributed by atoms with Gasteiger partial charge in [0.25, 0.3) is 0 Å². The van der Waals surface area contributed by atoms with Gasteiger partial charge in [-0.25, -0.2) is 4.79 Å². The monoisotopic (exact) mass is 535 g/mol. The minimum atomic E-state index is -0.973. The van der Waals surface area contributed by atoms with Gasteiger partial charge in [0.05, 0.1) is 24.1 Å². The fraction of sp³-hybridized carbons (Fsp3) is 0.286. The molecule has 0 bridgehead atoms. The summed E-state index contributed by atoms with van der Waals surface area (Å²) in [5.74, 6) is 0.361. The maximum absolute atomic E-state index is 13.8. The lowest BCUT2D eigenvalue weighted by Gasteiger charge is -2.43. The molecule has 0 spiro atoms. The zero-order valence-corrected chi connectivity index (χ0v) is 20.9. The van der Waals surface area contributed by atoms with Gasteiger partial charge in [0.1, 0.15) is 17.6 Å². The van der Waals surface area contributed by atoms with Crippen LogP contribution in [0.4, 0.5) is 0 Å². The van der Waals surface area contributed by atoms with Crippen LogP contribution in [0.3, 0.4) is 0 Å². The zero-order valence-electron chi connectivity index (χ0n) is 19.3. The smallest absolute Gasteiger partial charge is 0.335 e. The molecular formula is C28H26BrNO5. The molecule has 1 saturated carbocycles. The Balaban J connectivity index is 1.47. The average Bonchev–Trinajstić information content (AvgIpc) is 2.84. The first kappa shape index (κ1) is 23.4. The number of hydrogen-bond acceptors (Lipinski definition) is 4. The van der Waals surface area contributed by atoms with E-state index in [0.29, 0.717) is 17.9 Å². The Labute approximate surface area is 212 Å². The van der Waals surface area contributed by atoms with Crippen LogP contribution in [0, 0.1) is 0 Å². The molecule has 1 heterocycles. The summed E-state index contributed by atoms with van der Waals surface area (Å²) in [4.78, 5) is 25.1. The molecule has 0 unspecified atom stereocenters. The normalized spacial score (nSPS) is 20.1. The van der Waals surface area contributed by atoms with Crippen LogP contribution < -0.4 is 14.8 Å². The fourth-order valence-electron chi connectivity index (χ4n) is 5.05. The Bertz CT molecular complexity index is 1270. The van der Waals surface area contributed by atoms with Gasteiger partial charge in [-0.15, -0.1) is 0 Å². The second-order valence-electron chi connectivity index (χ2n) is 9.11. The molecule has 1 aliphatic heterocycles. The molecule has 7 heteroatoms. The molecule has 5 rings (SSSR count). The fourth-order valence-corrected chi connectivity index (χ4v) is 5.71. The van der Waals surface area contributed by atoms with Crippen molar-refractivity contribution in [3.8, 4) is 11.5 Å². The molecule has 2 atom stereocenters. The van der Waals surface area contributed by atoms with E-state index in [4.69, 9.17) is 9.47 Å². The van der Waals surface area contributed by atoms with E-state index >= 15 is 0 Å². The van der Waals surface area contributed by atoms with E-state index in [-0.39, 0.29) is 23.6 Å². The summed E-state index contributed by atoms with van der Waals surface area (Å²) in [5, 5.41) is 12.6. The minimum Gasteiger partial charge on any atom is -0.497 e. The van der Waals surface area contributed by atoms with Crippen LogP contribution in [0.5, 0.6) is 11.5 Å². The highest BCUT2D eigenvalue weighted by molar-refractivity contribution is 9.10. The maximum atomic E-state index is 13.8. The number of nitrogens with one attached hydrogen (secondary N) is 1. The summed E-state index contributed by atoms with van der Waals surface area (Å²) in [6.07, 6.45) is 2.81. The van der Waals surface area contributed by atoms with Gasteiger partial charge in [0.2, 0.25) is 5.91 Å². The van der Waals surface area contributed by atoms with Crippen LogP contribution in [0.2, 0.25) is 0 Å². The zero-order chi connectivity index (χ0) is 24.6. The minimum absolute atomic E-state index is 0.0179. The molecule has 6 nitrogen and oxygen atoms in total. The Morgan fingerprint density at radius 2 is 1.83 bits per heavy atom. The average molecular weight is 536 g/mol. The number of rotatable bonds is 6. The van der Waals surface area contributed by atoms with Crippen molar-refractivity contribution < 1.29 is 24.2 Å². The molecule has 180 valence electrons. The number of hydrogen-bond donors (Lipinski definition) is 2. The molecule has 0 saturated heterocycles. The number of carbonyl (C=O) groups is 2. The standard InChI is InChI=1S/C28H26BrNO5/c1-34-19-11-12-20-23(30-27(33)28(13-4-14-28)21-5-2-3-6-22(21)29)16-24(35-25(20)15-19)17-7-9-18(10-8-17)26(31)32/h2-3,5-12,15,23-24H,4,13-14,16H2,1H3,(H,30,33)(H,31,32)/t23-,24-/m1/s1. The van der Waals surface area contributed by atoms with E-state index in [0.717, 1.165) is 40.4 Å². The molecule has 2 aliphatic rings. The Morgan fingerprint density at radius 1 is 1.09 bits per heavy atom. The molecule has 0 radical (unpaired) electrons. The van der Waals surface area contributed by atoms with Crippen molar-refractivity contribution in [1.82, 2.24) is 5.32 Å². The van der Waals surface area contributed by atoms with Crippen molar-refractivity contribution in [1.29, 1.82) is 0 Å². The third-order valence-corrected chi connectivity index (χ3v) is 7.87. The van der Waals surface area contributed by atoms with Gasteiger partial charge >= 0.3 is 5.97 Å². The Kier molecular flexibility index (Phi) is 6.28. The van der Waals surface area contributed by atoms with Crippen molar-refractivity contribution >= 4 is 27.8 Å². The second kappa shape index (κ2) is 9.38. The Morgan fingerprint density at radius 3 is 2.46 bits per heavy atom. The molecule has 2 N–H and O–H groups in total. The molecular weight excluding hydrogens is 510 g/mol. The van der Waals surface area contributed by atoms with Crippen LogP contribution >= 0.6 is 15.9 Å². The highest BCUT2D eigenvalue weighted by atomic mass is 79.9. The number of halogens is 1.